The molecule has 0 aliphatic heterocycles. The summed E-state index contributed by atoms with van der Waals surface area (Å²) in [6.45, 7) is 0. The highest BCUT2D eigenvalue weighted by atomic mass is 16.5. The van der Waals surface area contributed by atoms with E-state index in [-0.39, 0.29) is 5.75 Å². The second-order valence-corrected chi connectivity index (χ2v) is 4.46. The first-order valence-corrected chi connectivity index (χ1v) is 6.10. The van der Waals surface area contributed by atoms with Crippen molar-refractivity contribution < 1.29 is 9.84 Å². The Kier molecular flexibility index (Phi) is 3.80. The van der Waals surface area contributed by atoms with Gasteiger partial charge in [0.15, 0.2) is 11.5 Å². The molecule has 2 rings (SSSR count). The van der Waals surface area contributed by atoms with E-state index in [1.54, 1.807) is 12.1 Å². The van der Waals surface area contributed by atoms with Gasteiger partial charge in [-0.2, -0.15) is 0 Å². The van der Waals surface area contributed by atoms with Crippen molar-refractivity contribution in [2.75, 3.05) is 18.6 Å². The maximum Gasteiger partial charge on any atom is 0.160 e. The van der Waals surface area contributed by atoms with Crippen molar-refractivity contribution in [3.8, 4) is 11.5 Å². The lowest BCUT2D eigenvalue weighted by Gasteiger charge is -2.09. The molecule has 2 aromatic carbocycles. The van der Waals surface area contributed by atoms with Crippen LogP contribution in [0, 0.1) is 0 Å². The van der Waals surface area contributed by atoms with E-state index < -0.39 is 0 Å². The number of aryl methyl sites for hydroxylation is 2. The zero-order valence-electron chi connectivity index (χ0n) is 10.9. The molecule has 19 heavy (non-hydrogen) atoms. The average molecular weight is 258 g/mol. The van der Waals surface area contributed by atoms with E-state index in [2.05, 4.69) is 0 Å². The second kappa shape index (κ2) is 5.52. The minimum Gasteiger partial charge on any atom is -0.504 e. The summed E-state index contributed by atoms with van der Waals surface area (Å²) in [7, 11) is 1.54. The molecule has 0 saturated heterocycles. The Bertz CT molecular complexity index is 582. The summed E-state index contributed by atoms with van der Waals surface area (Å²) in [6.07, 6.45) is 1.64. The molecule has 0 unspecified atom stereocenters. The number of rotatable bonds is 4. The van der Waals surface area contributed by atoms with Crippen LogP contribution in [0.5, 0.6) is 11.5 Å². The van der Waals surface area contributed by atoms with Gasteiger partial charge in [-0.3, -0.25) is 0 Å². The number of methoxy groups -OCH3 is 1. The molecule has 4 heteroatoms. The molecule has 0 aromatic heterocycles. The van der Waals surface area contributed by atoms with Crippen molar-refractivity contribution >= 4 is 11.4 Å². The van der Waals surface area contributed by atoms with Crippen LogP contribution in [0.25, 0.3) is 0 Å². The largest absolute Gasteiger partial charge is 0.504 e. The van der Waals surface area contributed by atoms with Crippen LogP contribution in [0.2, 0.25) is 0 Å². The van der Waals surface area contributed by atoms with Crippen molar-refractivity contribution in [2.24, 2.45) is 0 Å². The third-order valence-corrected chi connectivity index (χ3v) is 3.10. The van der Waals surface area contributed by atoms with Gasteiger partial charge in [0.05, 0.1) is 7.11 Å². The Morgan fingerprint density at radius 3 is 2.53 bits per heavy atom. The quantitative estimate of drug-likeness (QED) is 0.735. The van der Waals surface area contributed by atoms with Crippen LogP contribution < -0.4 is 16.2 Å². The molecule has 0 radical (unpaired) electrons. The van der Waals surface area contributed by atoms with Crippen LogP contribution in [0.1, 0.15) is 11.1 Å². The molecule has 0 aliphatic carbocycles. The van der Waals surface area contributed by atoms with Crippen molar-refractivity contribution in [1.82, 2.24) is 0 Å². The zero-order chi connectivity index (χ0) is 13.8. The molecular weight excluding hydrogens is 240 g/mol. The van der Waals surface area contributed by atoms with Gasteiger partial charge in [0.2, 0.25) is 0 Å². The molecular formula is C15H18N2O2. The third kappa shape index (κ3) is 3.10. The molecule has 0 bridgehead atoms. The normalized spacial score (nSPS) is 10.4. The number of hydrogen-bond donors (Lipinski definition) is 3. The van der Waals surface area contributed by atoms with Crippen LogP contribution >= 0.6 is 0 Å². The van der Waals surface area contributed by atoms with Gasteiger partial charge in [0.1, 0.15) is 0 Å². The fourth-order valence-corrected chi connectivity index (χ4v) is 2.00. The summed E-state index contributed by atoms with van der Waals surface area (Å²) in [5.74, 6) is 0.640. The fraction of sp³-hybridized carbons (Fsp3) is 0.200. The Balaban J connectivity index is 2.10. The zero-order valence-corrected chi connectivity index (χ0v) is 10.9. The Morgan fingerprint density at radius 1 is 1.05 bits per heavy atom. The first kappa shape index (κ1) is 13.1. The summed E-state index contributed by atoms with van der Waals surface area (Å²) >= 11 is 0. The van der Waals surface area contributed by atoms with Crippen LogP contribution in [-0.4, -0.2) is 12.2 Å². The number of nitrogens with two attached hydrogens (primary N) is 2. The fourth-order valence-electron chi connectivity index (χ4n) is 2.00. The van der Waals surface area contributed by atoms with Crippen molar-refractivity contribution in [2.45, 2.75) is 12.8 Å². The molecule has 5 N–H and O–H groups in total. The minimum absolute atomic E-state index is 0.151. The topological polar surface area (TPSA) is 81.5 Å². The number of hydrogen-bond acceptors (Lipinski definition) is 4. The molecule has 100 valence electrons. The monoisotopic (exact) mass is 258 g/mol. The van der Waals surface area contributed by atoms with E-state index in [9.17, 15) is 5.11 Å². The van der Waals surface area contributed by atoms with Gasteiger partial charge >= 0.3 is 0 Å². The molecule has 2 aromatic rings. The average Bonchev–Trinajstić information content (AvgIpc) is 2.39. The lowest BCUT2D eigenvalue weighted by atomic mass is 10.0. The lowest BCUT2D eigenvalue weighted by molar-refractivity contribution is 0.373. The van der Waals surface area contributed by atoms with Gasteiger partial charge in [-0.05, 0) is 48.2 Å². The summed E-state index contributed by atoms with van der Waals surface area (Å²) in [4.78, 5) is 0. The van der Waals surface area contributed by atoms with E-state index in [4.69, 9.17) is 16.2 Å². The van der Waals surface area contributed by atoms with E-state index in [0.717, 1.165) is 24.0 Å². The number of anilines is 2. The number of phenolic OH excluding ortho intramolecular Hbond substituents is 1. The van der Waals surface area contributed by atoms with Crippen LogP contribution in [0.3, 0.4) is 0 Å². The number of nitrogen functional groups attached to an aromatic ring is 2. The summed E-state index contributed by atoms with van der Waals surface area (Å²) in [6, 6.07) is 10.9. The Hall–Kier alpha value is -2.36. The number of phenols is 1. The van der Waals surface area contributed by atoms with Crippen LogP contribution in [0.15, 0.2) is 36.4 Å². The third-order valence-electron chi connectivity index (χ3n) is 3.10. The van der Waals surface area contributed by atoms with Crippen molar-refractivity contribution in [1.29, 1.82) is 0 Å². The minimum atomic E-state index is 0.151. The number of aromatic hydroxyl groups is 1. The van der Waals surface area contributed by atoms with E-state index in [1.165, 1.54) is 7.11 Å². The standard InChI is InChI=1S/C15H18N2O2/c1-19-15-8-10(3-7-14(15)18)2-4-11-5-6-12(16)9-13(11)17/h3,5-9,18H,2,4,16-17H2,1H3. The number of ether oxygens (including phenoxy) is 1. The lowest BCUT2D eigenvalue weighted by Crippen LogP contribution is -1.99. The Morgan fingerprint density at radius 2 is 1.84 bits per heavy atom. The molecule has 0 saturated carbocycles. The maximum atomic E-state index is 9.54. The van der Waals surface area contributed by atoms with E-state index in [1.807, 2.05) is 24.3 Å². The predicted molar refractivity (Wildman–Crippen MR) is 77.3 cm³/mol. The molecule has 0 heterocycles. The van der Waals surface area contributed by atoms with Gasteiger partial charge in [-0.25, -0.2) is 0 Å². The van der Waals surface area contributed by atoms with Crippen molar-refractivity contribution in [3.05, 3.63) is 47.5 Å². The maximum absolute atomic E-state index is 9.54. The van der Waals surface area contributed by atoms with E-state index in [0.29, 0.717) is 17.1 Å². The molecule has 0 spiro atoms. The molecule has 0 amide bonds. The van der Waals surface area contributed by atoms with Gasteiger partial charge in [0.25, 0.3) is 0 Å². The summed E-state index contributed by atoms with van der Waals surface area (Å²) in [5, 5.41) is 9.54. The molecule has 4 nitrogen and oxygen atoms in total. The van der Waals surface area contributed by atoms with Gasteiger partial charge in [0, 0.05) is 11.4 Å². The van der Waals surface area contributed by atoms with Crippen LogP contribution in [-0.2, 0) is 12.8 Å². The first-order valence-electron chi connectivity index (χ1n) is 6.10. The van der Waals surface area contributed by atoms with E-state index >= 15 is 0 Å². The second-order valence-electron chi connectivity index (χ2n) is 4.46. The van der Waals surface area contributed by atoms with Crippen LogP contribution in [0.4, 0.5) is 11.4 Å². The van der Waals surface area contributed by atoms with Crippen molar-refractivity contribution in [3.63, 3.8) is 0 Å². The highest BCUT2D eigenvalue weighted by Crippen LogP contribution is 2.27. The summed E-state index contributed by atoms with van der Waals surface area (Å²) < 4.78 is 5.09. The van der Waals surface area contributed by atoms with Gasteiger partial charge < -0.3 is 21.3 Å². The van der Waals surface area contributed by atoms with Gasteiger partial charge in [-0.15, -0.1) is 0 Å². The highest BCUT2D eigenvalue weighted by Gasteiger charge is 2.04. The molecule has 0 atom stereocenters. The van der Waals surface area contributed by atoms with Gasteiger partial charge in [-0.1, -0.05) is 12.1 Å². The number of benzene rings is 2. The highest BCUT2D eigenvalue weighted by molar-refractivity contribution is 5.56. The smallest absolute Gasteiger partial charge is 0.160 e. The first-order chi connectivity index (χ1) is 9.10. The Labute approximate surface area is 112 Å². The molecule has 0 fully saturated rings. The predicted octanol–water partition coefficient (Wildman–Crippen LogP) is 2.35. The summed E-state index contributed by atoms with van der Waals surface area (Å²) in [5.41, 5.74) is 15.1. The molecule has 0 aliphatic rings. The SMILES string of the molecule is COc1cc(CCc2ccc(N)cc2N)ccc1O.